The van der Waals surface area contributed by atoms with Gasteiger partial charge in [-0.25, -0.2) is 9.97 Å². The molecule has 1 aliphatic rings. The number of anilines is 1. The maximum Gasteiger partial charge on any atom is 0.270 e. The van der Waals surface area contributed by atoms with Crippen molar-refractivity contribution in [1.29, 1.82) is 0 Å². The molecule has 1 fully saturated rings. The van der Waals surface area contributed by atoms with Crippen LogP contribution in [0.15, 0.2) is 41.2 Å². The molecule has 2 aromatic heterocycles. The number of hydrogen-bond acceptors (Lipinski definition) is 5. The lowest BCUT2D eigenvalue weighted by molar-refractivity contribution is 0.0940. The van der Waals surface area contributed by atoms with E-state index in [1.807, 2.05) is 18.2 Å². The largest absolute Gasteiger partial charge is 0.357 e. The molecule has 1 aromatic carbocycles. The van der Waals surface area contributed by atoms with Crippen molar-refractivity contribution < 1.29 is 4.79 Å². The standard InChI is InChI=1S/C19H19ClN4OS/c20-15-3-1-2-14-4-5-17(23-18(14)15)24-8-6-13(7-9-24)10-21-19(25)16-11-26-12-22-16/h1-5,11-13H,6-10H2,(H,21,25). The first-order valence-electron chi connectivity index (χ1n) is 8.67. The first-order chi connectivity index (χ1) is 12.7. The third-order valence-electron chi connectivity index (χ3n) is 4.81. The summed E-state index contributed by atoms with van der Waals surface area (Å²) in [6, 6.07) is 9.97. The van der Waals surface area contributed by atoms with Gasteiger partial charge in [0.15, 0.2) is 0 Å². The van der Waals surface area contributed by atoms with Crippen LogP contribution in [0, 0.1) is 5.92 Å². The van der Waals surface area contributed by atoms with Gasteiger partial charge in [-0.15, -0.1) is 11.3 Å². The lowest BCUT2D eigenvalue weighted by Crippen LogP contribution is -2.39. The van der Waals surface area contributed by atoms with Crippen molar-refractivity contribution in [3.8, 4) is 0 Å². The van der Waals surface area contributed by atoms with Crippen LogP contribution in [0.5, 0.6) is 0 Å². The molecule has 1 saturated heterocycles. The Morgan fingerprint density at radius 3 is 2.88 bits per heavy atom. The summed E-state index contributed by atoms with van der Waals surface area (Å²) in [5, 5.41) is 6.51. The number of benzene rings is 1. The van der Waals surface area contributed by atoms with Gasteiger partial charge in [0.2, 0.25) is 0 Å². The number of carbonyl (C=O) groups excluding carboxylic acids is 1. The summed E-state index contributed by atoms with van der Waals surface area (Å²) in [5.41, 5.74) is 3.03. The molecule has 5 nitrogen and oxygen atoms in total. The molecule has 26 heavy (non-hydrogen) atoms. The number of thiazole rings is 1. The second-order valence-corrected chi connectivity index (χ2v) is 7.62. The SMILES string of the molecule is O=C(NCC1CCN(c2ccc3cccc(Cl)c3n2)CC1)c1cscn1. The number of para-hydroxylation sites is 1. The minimum atomic E-state index is -0.0838. The maximum absolute atomic E-state index is 12.0. The highest BCUT2D eigenvalue weighted by Gasteiger charge is 2.21. The molecular formula is C19H19ClN4OS. The van der Waals surface area contributed by atoms with Crippen molar-refractivity contribution in [1.82, 2.24) is 15.3 Å². The molecule has 0 spiro atoms. The molecule has 0 atom stereocenters. The van der Waals surface area contributed by atoms with Crippen LogP contribution in [-0.4, -0.2) is 35.5 Å². The van der Waals surface area contributed by atoms with Crippen molar-refractivity contribution in [3.05, 3.63) is 51.9 Å². The van der Waals surface area contributed by atoms with Crippen molar-refractivity contribution in [2.45, 2.75) is 12.8 Å². The number of halogens is 1. The van der Waals surface area contributed by atoms with E-state index in [1.165, 1.54) is 11.3 Å². The van der Waals surface area contributed by atoms with Gasteiger partial charge in [0.05, 0.1) is 16.0 Å². The zero-order valence-electron chi connectivity index (χ0n) is 14.2. The molecular weight excluding hydrogens is 368 g/mol. The number of carbonyl (C=O) groups is 1. The normalized spacial score (nSPS) is 15.3. The zero-order chi connectivity index (χ0) is 17.9. The lowest BCUT2D eigenvalue weighted by Gasteiger charge is -2.33. The fourth-order valence-electron chi connectivity index (χ4n) is 3.30. The first kappa shape index (κ1) is 17.2. The van der Waals surface area contributed by atoms with Crippen LogP contribution < -0.4 is 10.2 Å². The molecule has 4 rings (SSSR count). The van der Waals surface area contributed by atoms with E-state index < -0.39 is 0 Å². The molecule has 1 amide bonds. The minimum Gasteiger partial charge on any atom is -0.357 e. The third-order valence-corrected chi connectivity index (χ3v) is 5.70. The van der Waals surface area contributed by atoms with Crippen molar-refractivity contribution >= 4 is 45.6 Å². The Labute approximate surface area is 161 Å². The number of aromatic nitrogens is 2. The number of fused-ring (bicyclic) bond motifs is 1. The Bertz CT molecular complexity index is 907. The number of nitrogens with one attached hydrogen (secondary N) is 1. The predicted molar refractivity (Wildman–Crippen MR) is 106 cm³/mol. The fourth-order valence-corrected chi connectivity index (χ4v) is 4.05. The fraction of sp³-hybridized carbons (Fsp3) is 0.316. The van der Waals surface area contributed by atoms with Crippen LogP contribution in [0.25, 0.3) is 10.9 Å². The molecule has 0 unspecified atom stereocenters. The third kappa shape index (κ3) is 3.66. The Morgan fingerprint density at radius 1 is 1.27 bits per heavy atom. The van der Waals surface area contributed by atoms with E-state index in [4.69, 9.17) is 16.6 Å². The van der Waals surface area contributed by atoms with Crippen LogP contribution in [0.4, 0.5) is 5.82 Å². The van der Waals surface area contributed by atoms with Crippen molar-refractivity contribution in [3.63, 3.8) is 0 Å². The van der Waals surface area contributed by atoms with Crippen LogP contribution in [0.3, 0.4) is 0 Å². The van der Waals surface area contributed by atoms with Gasteiger partial charge < -0.3 is 10.2 Å². The second-order valence-electron chi connectivity index (χ2n) is 6.50. The van der Waals surface area contributed by atoms with Crippen molar-refractivity contribution in [2.24, 2.45) is 5.92 Å². The average molecular weight is 387 g/mol. The van der Waals surface area contributed by atoms with Crippen LogP contribution >= 0.6 is 22.9 Å². The van der Waals surface area contributed by atoms with Gasteiger partial charge in [-0.1, -0.05) is 23.7 Å². The quantitative estimate of drug-likeness (QED) is 0.736. The van der Waals surface area contributed by atoms with E-state index in [2.05, 4.69) is 27.3 Å². The van der Waals surface area contributed by atoms with Gasteiger partial charge in [0, 0.05) is 30.4 Å². The molecule has 1 N–H and O–H groups in total. The summed E-state index contributed by atoms with van der Waals surface area (Å²) in [6.45, 7) is 2.56. The summed E-state index contributed by atoms with van der Waals surface area (Å²) in [7, 11) is 0. The number of rotatable bonds is 4. The molecule has 7 heteroatoms. The van der Waals surface area contributed by atoms with E-state index in [1.54, 1.807) is 10.9 Å². The number of piperidine rings is 1. The Kier molecular flexibility index (Phi) is 5.04. The number of nitrogens with zero attached hydrogens (tertiary/aromatic N) is 3. The van der Waals surface area contributed by atoms with Crippen molar-refractivity contribution in [2.75, 3.05) is 24.5 Å². The van der Waals surface area contributed by atoms with Gasteiger partial charge in [0.25, 0.3) is 5.91 Å². The topological polar surface area (TPSA) is 58.1 Å². The predicted octanol–water partition coefficient (Wildman–Crippen LogP) is 3.99. The average Bonchev–Trinajstić information content (AvgIpc) is 3.22. The summed E-state index contributed by atoms with van der Waals surface area (Å²) in [5.74, 6) is 1.37. The molecule has 0 saturated carbocycles. The Hall–Kier alpha value is -2.18. The Morgan fingerprint density at radius 2 is 2.12 bits per heavy atom. The molecule has 3 heterocycles. The van der Waals surface area contributed by atoms with Gasteiger partial charge in [-0.3, -0.25) is 4.79 Å². The monoisotopic (exact) mass is 386 g/mol. The highest BCUT2D eigenvalue weighted by atomic mass is 35.5. The van der Waals surface area contributed by atoms with Gasteiger partial charge in [-0.2, -0.15) is 0 Å². The van der Waals surface area contributed by atoms with Gasteiger partial charge >= 0.3 is 0 Å². The van der Waals surface area contributed by atoms with Gasteiger partial charge in [0.1, 0.15) is 11.5 Å². The van der Waals surface area contributed by atoms with E-state index in [0.29, 0.717) is 23.2 Å². The van der Waals surface area contributed by atoms with E-state index in [0.717, 1.165) is 42.7 Å². The lowest BCUT2D eigenvalue weighted by atomic mass is 9.96. The summed E-state index contributed by atoms with van der Waals surface area (Å²) in [4.78, 5) is 23.1. The smallest absolute Gasteiger partial charge is 0.270 e. The molecule has 1 aliphatic heterocycles. The highest BCUT2D eigenvalue weighted by Crippen LogP contribution is 2.27. The van der Waals surface area contributed by atoms with E-state index in [9.17, 15) is 4.79 Å². The molecule has 134 valence electrons. The Balaban J connectivity index is 1.35. The second kappa shape index (κ2) is 7.60. The first-order valence-corrected chi connectivity index (χ1v) is 9.99. The molecule has 0 radical (unpaired) electrons. The summed E-state index contributed by atoms with van der Waals surface area (Å²) in [6.07, 6.45) is 2.05. The van der Waals surface area contributed by atoms with Gasteiger partial charge in [-0.05, 0) is 37.0 Å². The van der Waals surface area contributed by atoms with Crippen LogP contribution in [-0.2, 0) is 0 Å². The summed E-state index contributed by atoms with van der Waals surface area (Å²) < 4.78 is 0. The minimum absolute atomic E-state index is 0.0838. The summed E-state index contributed by atoms with van der Waals surface area (Å²) >= 11 is 7.71. The maximum atomic E-state index is 12.0. The number of hydrogen-bond donors (Lipinski definition) is 1. The molecule has 3 aromatic rings. The number of amides is 1. The van der Waals surface area contributed by atoms with E-state index >= 15 is 0 Å². The zero-order valence-corrected chi connectivity index (χ0v) is 15.8. The molecule has 0 bridgehead atoms. The van der Waals surface area contributed by atoms with Crippen LogP contribution in [0.2, 0.25) is 5.02 Å². The van der Waals surface area contributed by atoms with E-state index in [-0.39, 0.29) is 5.91 Å². The highest BCUT2D eigenvalue weighted by molar-refractivity contribution is 7.07. The van der Waals surface area contributed by atoms with Crippen LogP contribution in [0.1, 0.15) is 23.3 Å². The molecule has 0 aliphatic carbocycles. The number of pyridine rings is 1.